The first-order chi connectivity index (χ1) is 9.52. The van der Waals surface area contributed by atoms with Crippen molar-refractivity contribution in [1.82, 2.24) is 14.7 Å². The molecule has 0 aliphatic carbocycles. The summed E-state index contributed by atoms with van der Waals surface area (Å²) in [5.41, 5.74) is 0. The summed E-state index contributed by atoms with van der Waals surface area (Å²) in [4.78, 5) is 29.7. The van der Waals surface area contributed by atoms with Crippen molar-refractivity contribution in [3.63, 3.8) is 0 Å². The molecule has 114 valence electrons. The van der Waals surface area contributed by atoms with Gasteiger partial charge in [-0.1, -0.05) is 6.92 Å². The second kappa shape index (κ2) is 6.54. The highest BCUT2D eigenvalue weighted by atomic mass is 16.4. The number of nitrogens with zero attached hydrogens (tertiary/aromatic N) is 3. The lowest BCUT2D eigenvalue weighted by atomic mass is 10.1. The standard InChI is InChI=1S/C14H25N3O3/c1-3-15-6-8-16(9-7-15)13(18)11(2)17-5-4-12(10-17)14(19)20/h11-12H,3-10H2,1-2H3,(H,19,20). The Morgan fingerprint density at radius 3 is 2.35 bits per heavy atom. The summed E-state index contributed by atoms with van der Waals surface area (Å²) in [5.74, 6) is -0.919. The van der Waals surface area contributed by atoms with Gasteiger partial charge in [0.1, 0.15) is 0 Å². The first-order valence-corrected chi connectivity index (χ1v) is 7.51. The maximum absolute atomic E-state index is 12.5. The smallest absolute Gasteiger partial charge is 0.307 e. The van der Waals surface area contributed by atoms with E-state index < -0.39 is 5.97 Å². The number of hydrogen-bond donors (Lipinski definition) is 1. The van der Waals surface area contributed by atoms with Gasteiger partial charge in [-0.05, 0) is 26.4 Å². The highest BCUT2D eigenvalue weighted by molar-refractivity contribution is 5.82. The number of amides is 1. The topological polar surface area (TPSA) is 64.1 Å². The third kappa shape index (κ3) is 3.30. The lowest BCUT2D eigenvalue weighted by Crippen LogP contribution is -2.53. The molecular formula is C14H25N3O3. The van der Waals surface area contributed by atoms with E-state index in [9.17, 15) is 9.59 Å². The Labute approximate surface area is 120 Å². The van der Waals surface area contributed by atoms with E-state index in [1.807, 2.05) is 16.7 Å². The predicted octanol–water partition coefficient (Wildman–Crippen LogP) is -0.0545. The molecule has 2 atom stereocenters. The summed E-state index contributed by atoms with van der Waals surface area (Å²) in [6.07, 6.45) is 0.649. The first-order valence-electron chi connectivity index (χ1n) is 7.51. The molecule has 2 aliphatic rings. The number of rotatable bonds is 4. The third-order valence-corrected chi connectivity index (χ3v) is 4.61. The average molecular weight is 283 g/mol. The minimum absolute atomic E-state index is 0.145. The van der Waals surface area contributed by atoms with E-state index in [1.54, 1.807) is 0 Å². The summed E-state index contributed by atoms with van der Waals surface area (Å²) in [5, 5.41) is 9.03. The number of piperazine rings is 1. The van der Waals surface area contributed by atoms with Crippen molar-refractivity contribution in [3.05, 3.63) is 0 Å². The quantitative estimate of drug-likeness (QED) is 0.783. The van der Waals surface area contributed by atoms with Crippen molar-refractivity contribution < 1.29 is 14.7 Å². The van der Waals surface area contributed by atoms with Gasteiger partial charge in [0.15, 0.2) is 0 Å². The molecule has 0 aromatic carbocycles. The van der Waals surface area contributed by atoms with Gasteiger partial charge in [0.25, 0.3) is 0 Å². The SMILES string of the molecule is CCN1CCN(C(=O)C(C)N2CCC(C(=O)O)C2)CC1. The van der Waals surface area contributed by atoms with Crippen molar-refractivity contribution in [3.8, 4) is 0 Å². The molecule has 2 aliphatic heterocycles. The maximum atomic E-state index is 12.5. The summed E-state index contributed by atoms with van der Waals surface area (Å²) < 4.78 is 0. The fourth-order valence-electron chi connectivity index (χ4n) is 3.05. The normalized spacial score (nSPS) is 26.7. The summed E-state index contributed by atoms with van der Waals surface area (Å²) >= 11 is 0. The number of likely N-dealkylation sites (N-methyl/N-ethyl adjacent to an activating group) is 1. The first kappa shape index (κ1) is 15.3. The fourth-order valence-corrected chi connectivity index (χ4v) is 3.05. The van der Waals surface area contributed by atoms with Crippen LogP contribution in [0.25, 0.3) is 0 Å². The molecule has 0 aromatic rings. The molecule has 0 bridgehead atoms. The van der Waals surface area contributed by atoms with E-state index in [2.05, 4.69) is 11.8 Å². The van der Waals surface area contributed by atoms with Crippen LogP contribution in [0.15, 0.2) is 0 Å². The van der Waals surface area contributed by atoms with Gasteiger partial charge in [-0.2, -0.15) is 0 Å². The zero-order valence-electron chi connectivity index (χ0n) is 12.4. The number of carbonyl (C=O) groups excluding carboxylic acids is 1. The number of carboxylic acid groups (broad SMARTS) is 1. The summed E-state index contributed by atoms with van der Waals surface area (Å²) in [7, 11) is 0. The van der Waals surface area contributed by atoms with Crippen molar-refractivity contribution in [2.75, 3.05) is 45.8 Å². The molecule has 0 aromatic heterocycles. The number of carboxylic acids is 1. The highest BCUT2D eigenvalue weighted by Gasteiger charge is 2.35. The Morgan fingerprint density at radius 2 is 1.85 bits per heavy atom. The number of likely N-dealkylation sites (tertiary alicyclic amines) is 1. The van der Waals surface area contributed by atoms with Gasteiger partial charge in [0.2, 0.25) is 5.91 Å². The Bertz CT molecular complexity index is 367. The minimum Gasteiger partial charge on any atom is -0.481 e. The van der Waals surface area contributed by atoms with E-state index in [0.717, 1.165) is 32.7 Å². The van der Waals surface area contributed by atoms with Crippen LogP contribution >= 0.6 is 0 Å². The molecular weight excluding hydrogens is 258 g/mol. The minimum atomic E-state index is -0.747. The van der Waals surface area contributed by atoms with Crippen LogP contribution in [0, 0.1) is 5.92 Å². The molecule has 2 saturated heterocycles. The van der Waals surface area contributed by atoms with Crippen LogP contribution in [-0.2, 0) is 9.59 Å². The van der Waals surface area contributed by atoms with Gasteiger partial charge in [-0.15, -0.1) is 0 Å². The molecule has 2 fully saturated rings. The lowest BCUT2D eigenvalue weighted by molar-refractivity contribution is -0.142. The molecule has 6 nitrogen and oxygen atoms in total. The monoisotopic (exact) mass is 283 g/mol. The van der Waals surface area contributed by atoms with E-state index >= 15 is 0 Å². The molecule has 0 saturated carbocycles. The Hall–Kier alpha value is -1.14. The largest absolute Gasteiger partial charge is 0.481 e. The number of carbonyl (C=O) groups is 2. The zero-order valence-corrected chi connectivity index (χ0v) is 12.4. The molecule has 2 unspecified atom stereocenters. The van der Waals surface area contributed by atoms with Crippen LogP contribution in [0.1, 0.15) is 20.3 Å². The van der Waals surface area contributed by atoms with E-state index in [-0.39, 0.29) is 17.9 Å². The highest BCUT2D eigenvalue weighted by Crippen LogP contribution is 2.20. The predicted molar refractivity (Wildman–Crippen MR) is 75.5 cm³/mol. The zero-order chi connectivity index (χ0) is 14.7. The van der Waals surface area contributed by atoms with Crippen LogP contribution in [-0.4, -0.2) is 83.5 Å². The van der Waals surface area contributed by atoms with Gasteiger partial charge in [0, 0.05) is 32.7 Å². The maximum Gasteiger partial charge on any atom is 0.307 e. The number of aliphatic carboxylic acids is 1. The third-order valence-electron chi connectivity index (χ3n) is 4.61. The molecule has 6 heteroatoms. The summed E-state index contributed by atoms with van der Waals surface area (Å²) in [6, 6.07) is -0.201. The van der Waals surface area contributed by atoms with Gasteiger partial charge in [-0.25, -0.2) is 0 Å². The van der Waals surface area contributed by atoms with Crippen LogP contribution in [0.2, 0.25) is 0 Å². The number of hydrogen-bond acceptors (Lipinski definition) is 4. The van der Waals surface area contributed by atoms with Crippen LogP contribution in [0.5, 0.6) is 0 Å². The van der Waals surface area contributed by atoms with Gasteiger partial charge >= 0.3 is 5.97 Å². The molecule has 0 radical (unpaired) electrons. The van der Waals surface area contributed by atoms with Crippen LogP contribution < -0.4 is 0 Å². The van der Waals surface area contributed by atoms with Crippen molar-refractivity contribution in [2.24, 2.45) is 5.92 Å². The molecule has 2 rings (SSSR count). The second-order valence-corrected chi connectivity index (χ2v) is 5.75. The average Bonchev–Trinajstić information content (AvgIpc) is 2.96. The molecule has 20 heavy (non-hydrogen) atoms. The van der Waals surface area contributed by atoms with Crippen molar-refractivity contribution in [2.45, 2.75) is 26.3 Å². The Balaban J connectivity index is 1.85. The molecule has 1 amide bonds. The van der Waals surface area contributed by atoms with E-state index in [1.165, 1.54) is 0 Å². The van der Waals surface area contributed by atoms with Gasteiger partial charge < -0.3 is 14.9 Å². The molecule has 0 spiro atoms. The molecule has 1 N–H and O–H groups in total. The molecule has 2 heterocycles. The van der Waals surface area contributed by atoms with E-state index in [0.29, 0.717) is 19.5 Å². The van der Waals surface area contributed by atoms with Crippen molar-refractivity contribution >= 4 is 11.9 Å². The fraction of sp³-hybridized carbons (Fsp3) is 0.857. The van der Waals surface area contributed by atoms with Gasteiger partial charge in [-0.3, -0.25) is 14.5 Å². The Morgan fingerprint density at radius 1 is 1.20 bits per heavy atom. The van der Waals surface area contributed by atoms with Gasteiger partial charge in [0.05, 0.1) is 12.0 Å². The summed E-state index contributed by atoms with van der Waals surface area (Å²) in [6.45, 7) is 9.72. The Kier molecular flexibility index (Phi) is 4.99. The second-order valence-electron chi connectivity index (χ2n) is 5.75. The van der Waals surface area contributed by atoms with Crippen LogP contribution in [0.4, 0.5) is 0 Å². The lowest BCUT2D eigenvalue weighted by Gasteiger charge is -2.37. The van der Waals surface area contributed by atoms with E-state index in [4.69, 9.17) is 5.11 Å². The van der Waals surface area contributed by atoms with Crippen LogP contribution in [0.3, 0.4) is 0 Å². The van der Waals surface area contributed by atoms with Crippen molar-refractivity contribution in [1.29, 1.82) is 0 Å².